The molecule has 0 unspecified atom stereocenters. The van der Waals surface area contributed by atoms with Crippen molar-refractivity contribution in [2.24, 2.45) is 5.73 Å². The molecular weight excluding hydrogens is 352 g/mol. The number of nitrogens with one attached hydrogen (secondary N) is 1. The number of carbonyl (C=O) groups excluding carboxylic acids is 2. The second kappa shape index (κ2) is 7.53. The van der Waals surface area contributed by atoms with Crippen LogP contribution in [0.1, 0.15) is 44.0 Å². The van der Waals surface area contributed by atoms with Gasteiger partial charge in [-0.3, -0.25) is 9.59 Å². The minimum Gasteiger partial charge on any atom is -0.477 e. The van der Waals surface area contributed by atoms with Crippen molar-refractivity contribution in [3.63, 3.8) is 0 Å². The third-order valence-electron chi connectivity index (χ3n) is 4.23. The SMILES string of the molecule is NC(=O)c1c(N/C(=C\C(=O)c2ccccc2)C(=O)O)sc2c1CCCC2. The lowest BCUT2D eigenvalue weighted by Gasteiger charge is -2.11. The number of aryl methyl sites for hydroxylation is 1. The van der Waals surface area contributed by atoms with Gasteiger partial charge in [0.25, 0.3) is 5.91 Å². The number of ketones is 1. The van der Waals surface area contributed by atoms with E-state index < -0.39 is 17.7 Å². The van der Waals surface area contributed by atoms with Crippen molar-refractivity contribution in [2.75, 3.05) is 5.32 Å². The van der Waals surface area contributed by atoms with Crippen molar-refractivity contribution in [2.45, 2.75) is 25.7 Å². The second-order valence-electron chi connectivity index (χ2n) is 6.00. The third kappa shape index (κ3) is 3.67. The van der Waals surface area contributed by atoms with Crippen molar-refractivity contribution < 1.29 is 19.5 Å². The van der Waals surface area contributed by atoms with Crippen LogP contribution in [0.25, 0.3) is 0 Å². The Kier molecular flexibility index (Phi) is 5.18. The lowest BCUT2D eigenvalue weighted by atomic mass is 9.95. The van der Waals surface area contributed by atoms with E-state index >= 15 is 0 Å². The molecule has 1 aliphatic rings. The normalized spacial score (nSPS) is 13.8. The smallest absolute Gasteiger partial charge is 0.352 e. The predicted molar refractivity (Wildman–Crippen MR) is 99.6 cm³/mol. The van der Waals surface area contributed by atoms with Crippen LogP contribution in [0.2, 0.25) is 0 Å². The summed E-state index contributed by atoms with van der Waals surface area (Å²) < 4.78 is 0. The van der Waals surface area contributed by atoms with Gasteiger partial charge in [-0.05, 0) is 31.2 Å². The van der Waals surface area contributed by atoms with Crippen LogP contribution in [0.4, 0.5) is 5.00 Å². The number of carbonyl (C=O) groups is 3. The number of thiophene rings is 1. The maximum absolute atomic E-state index is 12.3. The fourth-order valence-corrected chi connectivity index (χ4v) is 4.31. The van der Waals surface area contributed by atoms with Gasteiger partial charge in [-0.25, -0.2) is 4.79 Å². The number of allylic oxidation sites excluding steroid dienone is 1. The Bertz CT molecular complexity index is 900. The minimum atomic E-state index is -1.28. The van der Waals surface area contributed by atoms with E-state index in [9.17, 15) is 19.5 Å². The first-order chi connectivity index (χ1) is 12.5. The van der Waals surface area contributed by atoms with E-state index in [-0.39, 0.29) is 5.70 Å². The summed E-state index contributed by atoms with van der Waals surface area (Å²) in [6, 6.07) is 8.39. The Morgan fingerprint density at radius 1 is 1.12 bits per heavy atom. The number of anilines is 1. The molecule has 2 aromatic rings. The van der Waals surface area contributed by atoms with Gasteiger partial charge in [0.2, 0.25) is 0 Å². The van der Waals surface area contributed by atoms with Crippen molar-refractivity contribution >= 4 is 34.0 Å². The topological polar surface area (TPSA) is 109 Å². The molecule has 26 heavy (non-hydrogen) atoms. The lowest BCUT2D eigenvalue weighted by Crippen LogP contribution is -2.18. The number of carboxylic acid groups (broad SMARTS) is 1. The minimum absolute atomic E-state index is 0.292. The molecular formula is C19H18N2O4S. The molecule has 0 saturated carbocycles. The summed E-state index contributed by atoms with van der Waals surface area (Å²) in [5.74, 6) is -2.31. The Balaban J connectivity index is 1.95. The van der Waals surface area contributed by atoms with Crippen LogP contribution in [-0.2, 0) is 17.6 Å². The molecule has 0 atom stereocenters. The van der Waals surface area contributed by atoms with Crippen LogP contribution in [0, 0.1) is 0 Å². The first-order valence-corrected chi connectivity index (χ1v) is 9.04. The zero-order chi connectivity index (χ0) is 18.7. The Morgan fingerprint density at radius 2 is 1.81 bits per heavy atom. The first kappa shape index (κ1) is 17.9. The molecule has 3 rings (SSSR count). The average molecular weight is 370 g/mol. The summed E-state index contributed by atoms with van der Waals surface area (Å²) in [6.45, 7) is 0. The average Bonchev–Trinajstić information content (AvgIpc) is 2.99. The van der Waals surface area contributed by atoms with Crippen molar-refractivity contribution in [1.82, 2.24) is 0 Å². The van der Waals surface area contributed by atoms with Crippen LogP contribution in [0.3, 0.4) is 0 Å². The Hall–Kier alpha value is -2.93. The number of nitrogens with two attached hydrogens (primary N) is 1. The fourth-order valence-electron chi connectivity index (χ4n) is 3.01. The van der Waals surface area contributed by atoms with E-state index in [1.807, 2.05) is 0 Å². The number of aliphatic carboxylic acids is 1. The fraction of sp³-hybridized carbons (Fsp3) is 0.211. The predicted octanol–water partition coefficient (Wildman–Crippen LogP) is 2.99. The number of primary amides is 1. The van der Waals surface area contributed by atoms with E-state index in [1.165, 1.54) is 11.3 Å². The zero-order valence-corrected chi connectivity index (χ0v) is 14.8. The van der Waals surface area contributed by atoms with Crippen LogP contribution in [0.15, 0.2) is 42.1 Å². The van der Waals surface area contributed by atoms with Crippen LogP contribution >= 0.6 is 11.3 Å². The van der Waals surface area contributed by atoms with Crippen LogP contribution in [0.5, 0.6) is 0 Å². The number of amides is 1. The molecule has 1 amide bonds. The molecule has 1 aliphatic carbocycles. The Morgan fingerprint density at radius 3 is 2.46 bits per heavy atom. The number of fused-ring (bicyclic) bond motifs is 1. The molecule has 1 aromatic carbocycles. The molecule has 1 heterocycles. The van der Waals surface area contributed by atoms with Gasteiger partial charge >= 0.3 is 5.97 Å². The number of rotatable bonds is 6. The molecule has 0 radical (unpaired) electrons. The number of hydrogen-bond donors (Lipinski definition) is 3. The molecule has 6 nitrogen and oxygen atoms in total. The monoisotopic (exact) mass is 370 g/mol. The third-order valence-corrected chi connectivity index (χ3v) is 5.44. The molecule has 4 N–H and O–H groups in total. The highest BCUT2D eigenvalue weighted by Gasteiger charge is 2.25. The highest BCUT2D eigenvalue weighted by Crippen LogP contribution is 2.38. The quantitative estimate of drug-likeness (QED) is 0.535. The van der Waals surface area contributed by atoms with Crippen LogP contribution in [-0.4, -0.2) is 22.8 Å². The van der Waals surface area contributed by atoms with Gasteiger partial charge in [0, 0.05) is 16.5 Å². The first-order valence-electron chi connectivity index (χ1n) is 8.23. The van der Waals surface area contributed by atoms with Gasteiger partial charge in [0.1, 0.15) is 10.7 Å². The van der Waals surface area contributed by atoms with E-state index in [1.54, 1.807) is 30.3 Å². The molecule has 134 valence electrons. The maximum atomic E-state index is 12.3. The molecule has 0 aliphatic heterocycles. The second-order valence-corrected chi connectivity index (χ2v) is 7.10. The van der Waals surface area contributed by atoms with Crippen LogP contribution < -0.4 is 11.1 Å². The summed E-state index contributed by atoms with van der Waals surface area (Å²) in [6.07, 6.45) is 4.62. The van der Waals surface area contributed by atoms with E-state index in [2.05, 4.69) is 5.32 Å². The van der Waals surface area contributed by atoms with Gasteiger partial charge in [0.05, 0.1) is 5.56 Å². The van der Waals surface area contributed by atoms with E-state index in [0.29, 0.717) is 16.1 Å². The molecule has 7 heteroatoms. The number of carboxylic acids is 1. The van der Waals surface area contributed by atoms with Gasteiger partial charge in [0.15, 0.2) is 5.78 Å². The molecule has 0 fully saturated rings. The van der Waals surface area contributed by atoms with Crippen molar-refractivity contribution in [1.29, 1.82) is 0 Å². The molecule has 0 spiro atoms. The van der Waals surface area contributed by atoms with Crippen molar-refractivity contribution in [3.8, 4) is 0 Å². The van der Waals surface area contributed by atoms with Crippen molar-refractivity contribution in [3.05, 3.63) is 63.7 Å². The number of benzene rings is 1. The molecule has 0 bridgehead atoms. The van der Waals surface area contributed by atoms with E-state index in [0.717, 1.165) is 42.2 Å². The van der Waals surface area contributed by atoms with Gasteiger partial charge in [-0.1, -0.05) is 30.3 Å². The molecule has 0 saturated heterocycles. The largest absolute Gasteiger partial charge is 0.477 e. The highest BCUT2D eigenvalue weighted by molar-refractivity contribution is 7.16. The zero-order valence-electron chi connectivity index (χ0n) is 14.0. The summed E-state index contributed by atoms with van der Waals surface area (Å²) in [7, 11) is 0. The highest BCUT2D eigenvalue weighted by atomic mass is 32.1. The summed E-state index contributed by atoms with van der Waals surface area (Å²) in [5, 5.41) is 12.6. The lowest BCUT2D eigenvalue weighted by molar-refractivity contribution is -0.132. The van der Waals surface area contributed by atoms with Gasteiger partial charge in [-0.2, -0.15) is 0 Å². The van der Waals surface area contributed by atoms with Gasteiger partial charge in [-0.15, -0.1) is 11.3 Å². The Labute approximate surface area is 154 Å². The summed E-state index contributed by atoms with van der Waals surface area (Å²) in [5.41, 5.74) is 6.85. The maximum Gasteiger partial charge on any atom is 0.352 e. The summed E-state index contributed by atoms with van der Waals surface area (Å²) >= 11 is 1.33. The number of hydrogen-bond acceptors (Lipinski definition) is 5. The standard InChI is InChI=1S/C19H18N2O4S/c20-17(23)16-12-8-4-5-9-15(12)26-18(16)21-13(19(24)25)10-14(22)11-6-2-1-3-7-11/h1-3,6-7,10,21H,4-5,8-9H2,(H2,20,23)(H,24,25)/b13-10-. The van der Waals surface area contributed by atoms with E-state index in [4.69, 9.17) is 5.73 Å². The van der Waals surface area contributed by atoms with Gasteiger partial charge < -0.3 is 16.2 Å². The molecule has 1 aromatic heterocycles. The summed E-state index contributed by atoms with van der Waals surface area (Å²) in [4.78, 5) is 36.8.